The molecular weight excluding hydrogens is 290 g/mol. The third kappa shape index (κ3) is 3.15. The van der Waals surface area contributed by atoms with Gasteiger partial charge in [0, 0.05) is 13.1 Å². The molecule has 2 bridgehead atoms. The first-order chi connectivity index (χ1) is 11.2. The SMILES string of the molecule is COc1ccc(CCNC2(C#N)CN3CCC2CC3)cc1OC. The summed E-state index contributed by atoms with van der Waals surface area (Å²) in [6.45, 7) is 3.95. The Kier molecular flexibility index (Phi) is 4.74. The van der Waals surface area contributed by atoms with Crippen LogP contribution in [-0.4, -0.2) is 50.8 Å². The maximum absolute atomic E-state index is 9.74. The van der Waals surface area contributed by atoms with Crippen LogP contribution in [0.3, 0.4) is 0 Å². The van der Waals surface area contributed by atoms with Crippen LogP contribution < -0.4 is 14.8 Å². The zero-order valence-electron chi connectivity index (χ0n) is 14.0. The van der Waals surface area contributed by atoms with Gasteiger partial charge in [0.15, 0.2) is 11.5 Å². The predicted octanol–water partition coefficient (Wildman–Crippen LogP) is 1.82. The molecule has 3 saturated heterocycles. The Morgan fingerprint density at radius 1 is 1.26 bits per heavy atom. The fourth-order valence-corrected chi connectivity index (χ4v) is 3.90. The molecule has 1 aromatic carbocycles. The van der Waals surface area contributed by atoms with Gasteiger partial charge in [-0.2, -0.15) is 5.26 Å². The summed E-state index contributed by atoms with van der Waals surface area (Å²) in [4.78, 5) is 2.41. The number of methoxy groups -OCH3 is 2. The van der Waals surface area contributed by atoms with Crippen molar-refractivity contribution in [1.82, 2.24) is 10.2 Å². The van der Waals surface area contributed by atoms with Gasteiger partial charge in [-0.05, 0) is 56.0 Å². The highest BCUT2D eigenvalue weighted by Gasteiger charge is 2.46. The highest BCUT2D eigenvalue weighted by molar-refractivity contribution is 5.43. The van der Waals surface area contributed by atoms with Crippen molar-refractivity contribution in [2.24, 2.45) is 5.92 Å². The van der Waals surface area contributed by atoms with Crippen molar-refractivity contribution in [3.63, 3.8) is 0 Å². The first-order valence-corrected chi connectivity index (χ1v) is 8.30. The lowest BCUT2D eigenvalue weighted by molar-refractivity contribution is 0.0374. The molecule has 124 valence electrons. The van der Waals surface area contributed by atoms with Gasteiger partial charge in [-0.3, -0.25) is 5.32 Å². The molecule has 3 aliphatic rings. The van der Waals surface area contributed by atoms with E-state index in [9.17, 15) is 5.26 Å². The summed E-state index contributed by atoms with van der Waals surface area (Å²) in [6.07, 6.45) is 3.14. The molecule has 0 amide bonds. The number of hydrogen-bond acceptors (Lipinski definition) is 5. The van der Waals surface area contributed by atoms with Crippen LogP contribution in [0.1, 0.15) is 18.4 Å². The molecule has 0 saturated carbocycles. The second kappa shape index (κ2) is 6.77. The molecule has 1 unspecified atom stereocenters. The smallest absolute Gasteiger partial charge is 0.160 e. The first kappa shape index (κ1) is 16.1. The van der Waals surface area contributed by atoms with E-state index in [1.807, 2.05) is 12.1 Å². The van der Waals surface area contributed by atoms with Crippen molar-refractivity contribution < 1.29 is 9.47 Å². The molecule has 3 fully saturated rings. The van der Waals surface area contributed by atoms with Gasteiger partial charge in [0.1, 0.15) is 5.54 Å². The van der Waals surface area contributed by atoms with Crippen LogP contribution in [0.25, 0.3) is 0 Å². The first-order valence-electron chi connectivity index (χ1n) is 8.30. The highest BCUT2D eigenvalue weighted by Crippen LogP contribution is 2.35. The Morgan fingerprint density at radius 2 is 2.00 bits per heavy atom. The van der Waals surface area contributed by atoms with E-state index in [4.69, 9.17) is 9.47 Å². The molecule has 23 heavy (non-hydrogen) atoms. The average Bonchev–Trinajstić information content (AvgIpc) is 2.62. The van der Waals surface area contributed by atoms with Crippen LogP contribution in [0.2, 0.25) is 0 Å². The number of nitriles is 1. The molecule has 1 N–H and O–H groups in total. The van der Waals surface area contributed by atoms with Crippen LogP contribution in [0.5, 0.6) is 11.5 Å². The Hall–Kier alpha value is -1.77. The predicted molar refractivity (Wildman–Crippen MR) is 88.8 cm³/mol. The summed E-state index contributed by atoms with van der Waals surface area (Å²) in [5, 5.41) is 13.3. The lowest BCUT2D eigenvalue weighted by atomic mass is 9.73. The molecule has 0 spiro atoms. The quantitative estimate of drug-likeness (QED) is 0.868. The van der Waals surface area contributed by atoms with Crippen molar-refractivity contribution in [3.8, 4) is 17.6 Å². The molecule has 5 heteroatoms. The number of fused-ring (bicyclic) bond motifs is 3. The fourth-order valence-electron chi connectivity index (χ4n) is 3.90. The summed E-state index contributed by atoms with van der Waals surface area (Å²) < 4.78 is 10.6. The number of benzene rings is 1. The van der Waals surface area contributed by atoms with Crippen LogP contribution in [0, 0.1) is 17.2 Å². The van der Waals surface area contributed by atoms with Gasteiger partial charge in [-0.25, -0.2) is 0 Å². The molecule has 4 rings (SSSR count). The van der Waals surface area contributed by atoms with E-state index in [0.29, 0.717) is 5.92 Å². The van der Waals surface area contributed by atoms with Crippen molar-refractivity contribution in [3.05, 3.63) is 23.8 Å². The van der Waals surface area contributed by atoms with Crippen LogP contribution in [-0.2, 0) is 6.42 Å². The van der Waals surface area contributed by atoms with E-state index in [2.05, 4.69) is 22.4 Å². The maximum atomic E-state index is 9.74. The number of nitrogens with zero attached hydrogens (tertiary/aromatic N) is 2. The standard InChI is InChI=1S/C18H25N3O2/c1-22-16-4-3-14(11-17(16)23-2)5-8-20-18(12-19)13-21-9-6-15(18)7-10-21/h3-4,11,15,20H,5-10,13H2,1-2H3. The minimum atomic E-state index is -0.368. The van der Waals surface area contributed by atoms with E-state index >= 15 is 0 Å². The van der Waals surface area contributed by atoms with Gasteiger partial charge in [-0.15, -0.1) is 0 Å². The van der Waals surface area contributed by atoms with Crippen LogP contribution >= 0.6 is 0 Å². The number of ether oxygens (including phenoxy) is 2. The summed E-state index contributed by atoms with van der Waals surface area (Å²) in [6, 6.07) is 8.58. The van der Waals surface area contributed by atoms with Gasteiger partial charge in [0.2, 0.25) is 0 Å². The number of piperidine rings is 3. The third-order valence-electron chi connectivity index (χ3n) is 5.26. The van der Waals surface area contributed by atoms with Crippen molar-refractivity contribution in [1.29, 1.82) is 5.26 Å². The molecule has 1 aromatic rings. The number of hydrogen-bond donors (Lipinski definition) is 1. The lowest BCUT2D eigenvalue weighted by Gasteiger charge is -2.50. The van der Waals surface area contributed by atoms with E-state index < -0.39 is 0 Å². The zero-order valence-corrected chi connectivity index (χ0v) is 14.0. The summed E-state index contributed by atoms with van der Waals surface area (Å²) in [5.41, 5.74) is 0.817. The van der Waals surface area contributed by atoms with E-state index in [0.717, 1.165) is 56.9 Å². The van der Waals surface area contributed by atoms with Crippen molar-refractivity contribution >= 4 is 0 Å². The topological polar surface area (TPSA) is 57.5 Å². The Balaban J connectivity index is 1.62. The molecule has 0 aromatic heterocycles. The average molecular weight is 315 g/mol. The highest BCUT2D eigenvalue weighted by atomic mass is 16.5. The third-order valence-corrected chi connectivity index (χ3v) is 5.26. The van der Waals surface area contributed by atoms with Gasteiger partial charge >= 0.3 is 0 Å². The number of rotatable bonds is 6. The van der Waals surface area contributed by atoms with E-state index in [1.165, 1.54) is 5.56 Å². The van der Waals surface area contributed by atoms with Crippen molar-refractivity contribution in [2.75, 3.05) is 40.4 Å². The summed E-state index contributed by atoms with van der Waals surface area (Å²) >= 11 is 0. The minimum absolute atomic E-state index is 0.368. The lowest BCUT2D eigenvalue weighted by Crippen LogP contribution is -2.65. The molecule has 0 radical (unpaired) electrons. The maximum Gasteiger partial charge on any atom is 0.160 e. The summed E-state index contributed by atoms with van der Waals surface area (Å²) in [5.74, 6) is 1.99. The second-order valence-corrected chi connectivity index (χ2v) is 6.50. The molecular formula is C18H25N3O2. The molecule has 1 atom stereocenters. The van der Waals surface area contributed by atoms with Gasteiger partial charge in [-0.1, -0.05) is 6.07 Å². The van der Waals surface area contributed by atoms with Gasteiger partial charge < -0.3 is 14.4 Å². The van der Waals surface area contributed by atoms with E-state index in [-0.39, 0.29) is 5.54 Å². The normalized spacial score (nSPS) is 29.1. The zero-order chi connectivity index (χ0) is 16.3. The van der Waals surface area contributed by atoms with Gasteiger partial charge in [0.25, 0.3) is 0 Å². The molecule has 5 nitrogen and oxygen atoms in total. The Bertz CT molecular complexity index is 590. The fraction of sp³-hybridized carbons (Fsp3) is 0.611. The molecule has 0 aliphatic carbocycles. The number of nitrogens with one attached hydrogen (secondary N) is 1. The van der Waals surface area contributed by atoms with E-state index in [1.54, 1.807) is 14.2 Å². The molecule has 3 heterocycles. The molecule has 3 aliphatic heterocycles. The van der Waals surface area contributed by atoms with Gasteiger partial charge in [0.05, 0.1) is 20.3 Å². The Morgan fingerprint density at radius 3 is 2.57 bits per heavy atom. The monoisotopic (exact) mass is 315 g/mol. The van der Waals surface area contributed by atoms with Crippen LogP contribution in [0.4, 0.5) is 0 Å². The van der Waals surface area contributed by atoms with Crippen LogP contribution in [0.15, 0.2) is 18.2 Å². The largest absolute Gasteiger partial charge is 0.493 e. The van der Waals surface area contributed by atoms with Crippen molar-refractivity contribution in [2.45, 2.75) is 24.8 Å². The Labute approximate surface area is 138 Å². The minimum Gasteiger partial charge on any atom is -0.493 e. The second-order valence-electron chi connectivity index (χ2n) is 6.50. The summed E-state index contributed by atoms with van der Waals surface area (Å²) in [7, 11) is 3.29.